The molecule has 0 atom stereocenters. The van der Waals surface area contributed by atoms with Crippen LogP contribution in [0.15, 0.2) is 24.3 Å². The van der Waals surface area contributed by atoms with Gasteiger partial charge in [0.15, 0.2) is 0 Å². The summed E-state index contributed by atoms with van der Waals surface area (Å²) < 4.78 is 2.07. The fourth-order valence-corrected chi connectivity index (χ4v) is 2.72. The van der Waals surface area contributed by atoms with Crippen molar-refractivity contribution >= 4 is 5.82 Å². The molecule has 3 heteroatoms. The average molecular weight is 255 g/mol. The molecule has 3 rings (SSSR count). The molecule has 19 heavy (non-hydrogen) atoms. The Balaban J connectivity index is 2.07. The first-order chi connectivity index (χ1) is 9.20. The van der Waals surface area contributed by atoms with E-state index in [0.717, 1.165) is 25.1 Å². The summed E-state index contributed by atoms with van der Waals surface area (Å²) in [6, 6.07) is 8.70. The topological polar surface area (TPSA) is 29.9 Å². The number of aromatic nitrogens is 2. The third-order valence-corrected chi connectivity index (χ3v) is 3.82. The molecule has 0 fully saturated rings. The van der Waals surface area contributed by atoms with Gasteiger partial charge in [0.25, 0.3) is 0 Å². The standard InChI is InChI=1S/C16H21N3/c1-4-12-5-7-13(8-6-12)19-16-14(9-10-17-16)15(18-19)11(2)3/h5-8,11,17H,4,9-10H2,1-3H3. The number of hydrogen-bond donors (Lipinski definition) is 1. The van der Waals surface area contributed by atoms with Crippen LogP contribution in [0.25, 0.3) is 5.69 Å². The van der Waals surface area contributed by atoms with Gasteiger partial charge < -0.3 is 5.32 Å². The molecule has 0 saturated carbocycles. The quantitative estimate of drug-likeness (QED) is 0.909. The maximum absolute atomic E-state index is 4.81. The van der Waals surface area contributed by atoms with E-state index >= 15 is 0 Å². The van der Waals surface area contributed by atoms with Crippen LogP contribution in [0, 0.1) is 0 Å². The van der Waals surface area contributed by atoms with Crippen LogP contribution < -0.4 is 5.32 Å². The number of aryl methyl sites for hydroxylation is 1. The smallest absolute Gasteiger partial charge is 0.133 e. The normalized spacial score (nSPS) is 13.7. The SMILES string of the molecule is CCc1ccc(-n2nc(C(C)C)c3c2NCC3)cc1. The van der Waals surface area contributed by atoms with Gasteiger partial charge in [-0.2, -0.15) is 5.10 Å². The van der Waals surface area contributed by atoms with Crippen LogP contribution in [0.1, 0.15) is 43.5 Å². The zero-order chi connectivity index (χ0) is 13.4. The van der Waals surface area contributed by atoms with Gasteiger partial charge in [0, 0.05) is 12.1 Å². The van der Waals surface area contributed by atoms with E-state index in [0.29, 0.717) is 5.92 Å². The van der Waals surface area contributed by atoms with Crippen molar-refractivity contribution in [3.63, 3.8) is 0 Å². The summed E-state index contributed by atoms with van der Waals surface area (Å²) in [6.45, 7) is 7.63. The molecular weight excluding hydrogens is 234 g/mol. The summed E-state index contributed by atoms with van der Waals surface area (Å²) in [5.74, 6) is 1.66. The third kappa shape index (κ3) is 2.03. The number of nitrogens with one attached hydrogen (secondary N) is 1. The molecular formula is C16H21N3. The Morgan fingerprint density at radius 3 is 2.63 bits per heavy atom. The van der Waals surface area contributed by atoms with Gasteiger partial charge in [0.1, 0.15) is 5.82 Å². The molecule has 2 aromatic rings. The summed E-state index contributed by atoms with van der Waals surface area (Å²) >= 11 is 0. The van der Waals surface area contributed by atoms with Crippen molar-refractivity contribution < 1.29 is 0 Å². The number of anilines is 1. The first-order valence-electron chi connectivity index (χ1n) is 7.15. The monoisotopic (exact) mass is 255 g/mol. The Morgan fingerprint density at radius 2 is 2.00 bits per heavy atom. The minimum atomic E-state index is 0.477. The second kappa shape index (κ2) is 4.72. The van der Waals surface area contributed by atoms with Crippen molar-refractivity contribution in [2.75, 3.05) is 11.9 Å². The predicted molar refractivity (Wildman–Crippen MR) is 79.2 cm³/mol. The molecule has 1 aliphatic rings. The minimum Gasteiger partial charge on any atom is -0.369 e. The number of nitrogens with zero attached hydrogens (tertiary/aromatic N) is 2. The number of benzene rings is 1. The Bertz CT molecular complexity index is 579. The van der Waals surface area contributed by atoms with E-state index in [1.54, 1.807) is 0 Å². The molecule has 1 aromatic heterocycles. The van der Waals surface area contributed by atoms with Gasteiger partial charge in [-0.25, -0.2) is 4.68 Å². The van der Waals surface area contributed by atoms with Crippen LogP contribution >= 0.6 is 0 Å². The van der Waals surface area contributed by atoms with Gasteiger partial charge in [0.05, 0.1) is 11.4 Å². The first kappa shape index (κ1) is 12.3. The van der Waals surface area contributed by atoms with E-state index in [-0.39, 0.29) is 0 Å². The first-order valence-corrected chi connectivity index (χ1v) is 7.15. The van der Waals surface area contributed by atoms with Crippen molar-refractivity contribution in [1.82, 2.24) is 9.78 Å². The lowest BCUT2D eigenvalue weighted by Gasteiger charge is -2.07. The molecule has 0 aliphatic carbocycles. The van der Waals surface area contributed by atoms with Gasteiger partial charge >= 0.3 is 0 Å². The molecule has 1 N–H and O–H groups in total. The zero-order valence-electron chi connectivity index (χ0n) is 11.9. The molecule has 100 valence electrons. The molecule has 1 aliphatic heterocycles. The van der Waals surface area contributed by atoms with Crippen molar-refractivity contribution in [2.24, 2.45) is 0 Å². The Morgan fingerprint density at radius 1 is 1.26 bits per heavy atom. The molecule has 2 heterocycles. The van der Waals surface area contributed by atoms with Gasteiger partial charge in [-0.1, -0.05) is 32.9 Å². The maximum atomic E-state index is 4.81. The van der Waals surface area contributed by atoms with E-state index in [1.165, 1.54) is 22.6 Å². The summed E-state index contributed by atoms with van der Waals surface area (Å²) in [5.41, 5.74) is 5.15. The second-order valence-corrected chi connectivity index (χ2v) is 5.48. The molecule has 0 radical (unpaired) electrons. The van der Waals surface area contributed by atoms with Crippen molar-refractivity contribution in [1.29, 1.82) is 0 Å². The molecule has 0 unspecified atom stereocenters. The lowest BCUT2D eigenvalue weighted by Crippen LogP contribution is -2.05. The van der Waals surface area contributed by atoms with Crippen LogP contribution in [-0.2, 0) is 12.8 Å². The minimum absolute atomic E-state index is 0.477. The van der Waals surface area contributed by atoms with Crippen LogP contribution in [-0.4, -0.2) is 16.3 Å². The van der Waals surface area contributed by atoms with Crippen molar-refractivity contribution in [2.45, 2.75) is 39.5 Å². The zero-order valence-corrected chi connectivity index (χ0v) is 11.9. The van der Waals surface area contributed by atoms with Crippen LogP contribution in [0.2, 0.25) is 0 Å². The average Bonchev–Trinajstić information content (AvgIpc) is 3.00. The van der Waals surface area contributed by atoms with E-state index < -0.39 is 0 Å². The van der Waals surface area contributed by atoms with Crippen LogP contribution in [0.5, 0.6) is 0 Å². The van der Waals surface area contributed by atoms with Crippen LogP contribution in [0.4, 0.5) is 5.82 Å². The fraction of sp³-hybridized carbons (Fsp3) is 0.438. The maximum Gasteiger partial charge on any atom is 0.133 e. The second-order valence-electron chi connectivity index (χ2n) is 5.48. The van der Waals surface area contributed by atoms with E-state index in [9.17, 15) is 0 Å². The highest BCUT2D eigenvalue weighted by molar-refractivity contribution is 5.57. The Labute approximate surface area is 114 Å². The Kier molecular flexibility index (Phi) is 3.05. The molecule has 0 amide bonds. The van der Waals surface area contributed by atoms with Crippen LogP contribution in [0.3, 0.4) is 0 Å². The largest absolute Gasteiger partial charge is 0.369 e. The summed E-state index contributed by atoms with van der Waals surface area (Å²) in [7, 11) is 0. The predicted octanol–water partition coefficient (Wildman–Crippen LogP) is 3.53. The highest BCUT2D eigenvalue weighted by Gasteiger charge is 2.24. The van der Waals surface area contributed by atoms with E-state index in [1.807, 2.05) is 0 Å². The molecule has 3 nitrogen and oxygen atoms in total. The molecule has 1 aromatic carbocycles. The lowest BCUT2D eigenvalue weighted by atomic mass is 10.1. The molecule has 0 saturated heterocycles. The van der Waals surface area contributed by atoms with Gasteiger partial charge in [0.2, 0.25) is 0 Å². The van der Waals surface area contributed by atoms with E-state index in [4.69, 9.17) is 5.10 Å². The Hall–Kier alpha value is -1.77. The summed E-state index contributed by atoms with van der Waals surface area (Å²) in [5, 5.41) is 8.28. The number of fused-ring (bicyclic) bond motifs is 1. The third-order valence-electron chi connectivity index (χ3n) is 3.82. The van der Waals surface area contributed by atoms with Gasteiger partial charge in [-0.05, 0) is 36.5 Å². The van der Waals surface area contributed by atoms with Gasteiger partial charge in [-0.3, -0.25) is 0 Å². The summed E-state index contributed by atoms with van der Waals surface area (Å²) in [6.07, 6.45) is 2.17. The highest BCUT2D eigenvalue weighted by Crippen LogP contribution is 2.32. The molecule has 0 spiro atoms. The number of rotatable bonds is 3. The van der Waals surface area contributed by atoms with E-state index in [2.05, 4.69) is 55.0 Å². The fourth-order valence-electron chi connectivity index (χ4n) is 2.72. The van der Waals surface area contributed by atoms with Crippen molar-refractivity contribution in [3.05, 3.63) is 41.1 Å². The van der Waals surface area contributed by atoms with Crippen molar-refractivity contribution in [3.8, 4) is 5.69 Å². The number of hydrogen-bond acceptors (Lipinski definition) is 2. The highest BCUT2D eigenvalue weighted by atomic mass is 15.3. The molecule has 0 bridgehead atoms. The summed E-state index contributed by atoms with van der Waals surface area (Å²) in [4.78, 5) is 0. The lowest BCUT2D eigenvalue weighted by molar-refractivity contribution is 0.756. The van der Waals surface area contributed by atoms with Gasteiger partial charge in [-0.15, -0.1) is 0 Å².